The van der Waals surface area contributed by atoms with E-state index >= 15 is 0 Å². The first-order valence-corrected chi connectivity index (χ1v) is 5.29. The number of hydrogen-bond donors (Lipinski definition) is 1. The first-order valence-electron chi connectivity index (χ1n) is 5.29. The molecule has 6 nitrogen and oxygen atoms in total. The van der Waals surface area contributed by atoms with Gasteiger partial charge in [0.15, 0.2) is 17.7 Å². The van der Waals surface area contributed by atoms with E-state index in [0.29, 0.717) is 12.5 Å². The number of nitrogens with zero attached hydrogens (tertiary/aromatic N) is 1. The predicted molar refractivity (Wildman–Crippen MR) is 60.0 cm³/mol. The number of nitro groups is 1. The molecule has 0 aliphatic carbocycles. The summed E-state index contributed by atoms with van der Waals surface area (Å²) in [6.45, 7) is 1.77. The first-order chi connectivity index (χ1) is 8.45. The van der Waals surface area contributed by atoms with E-state index in [1.54, 1.807) is 6.92 Å². The van der Waals surface area contributed by atoms with Crippen LogP contribution in [0.15, 0.2) is 18.2 Å². The van der Waals surface area contributed by atoms with E-state index in [2.05, 4.69) is 0 Å². The highest BCUT2D eigenvalue weighted by atomic mass is 19.1. The number of benzene rings is 1. The molecule has 0 spiro atoms. The van der Waals surface area contributed by atoms with Crippen LogP contribution in [0.2, 0.25) is 0 Å². The Balaban J connectivity index is 2.90. The van der Waals surface area contributed by atoms with Crippen LogP contribution in [-0.2, 0) is 4.79 Å². The Bertz CT molecular complexity index is 463. The quantitative estimate of drug-likeness (QED) is 0.624. The number of hydrogen-bond acceptors (Lipinski definition) is 4. The summed E-state index contributed by atoms with van der Waals surface area (Å²) in [5.74, 6) is -2.46. The number of ether oxygens (including phenoxy) is 1. The number of non-ortho nitro benzene ring substituents is 1. The maximum absolute atomic E-state index is 13.5. The fraction of sp³-hybridized carbons (Fsp3) is 0.364. The average molecular weight is 257 g/mol. The number of carboxylic acid groups (broad SMARTS) is 1. The smallest absolute Gasteiger partial charge is 0.344 e. The average Bonchev–Trinajstić information content (AvgIpc) is 2.30. The Morgan fingerprint density at radius 3 is 2.72 bits per heavy atom. The van der Waals surface area contributed by atoms with Gasteiger partial charge in [0, 0.05) is 6.07 Å². The normalized spacial score (nSPS) is 11.9. The molecule has 0 bridgehead atoms. The molecule has 0 amide bonds. The van der Waals surface area contributed by atoms with E-state index in [1.807, 2.05) is 0 Å². The second kappa shape index (κ2) is 5.95. The minimum atomic E-state index is -1.20. The third kappa shape index (κ3) is 3.41. The third-order valence-electron chi connectivity index (χ3n) is 2.22. The second-order valence-electron chi connectivity index (χ2n) is 3.61. The highest BCUT2D eigenvalue weighted by Gasteiger charge is 2.21. The monoisotopic (exact) mass is 257 g/mol. The van der Waals surface area contributed by atoms with Crippen LogP contribution in [0.5, 0.6) is 5.75 Å². The molecular weight excluding hydrogens is 245 g/mol. The van der Waals surface area contributed by atoms with Gasteiger partial charge in [-0.25, -0.2) is 9.18 Å². The molecule has 0 radical (unpaired) electrons. The largest absolute Gasteiger partial charge is 0.479 e. The van der Waals surface area contributed by atoms with Crippen molar-refractivity contribution in [3.8, 4) is 5.75 Å². The van der Waals surface area contributed by atoms with E-state index in [0.717, 1.165) is 12.1 Å². The molecule has 0 saturated heterocycles. The molecule has 18 heavy (non-hydrogen) atoms. The van der Waals surface area contributed by atoms with Crippen LogP contribution >= 0.6 is 0 Å². The lowest BCUT2D eigenvalue weighted by Gasteiger charge is -2.14. The van der Waals surface area contributed by atoms with Gasteiger partial charge in [-0.2, -0.15) is 0 Å². The molecule has 98 valence electrons. The third-order valence-corrected chi connectivity index (χ3v) is 2.22. The maximum atomic E-state index is 13.5. The molecule has 1 atom stereocenters. The second-order valence-corrected chi connectivity index (χ2v) is 3.61. The zero-order valence-corrected chi connectivity index (χ0v) is 9.63. The lowest BCUT2D eigenvalue weighted by Crippen LogP contribution is -2.27. The predicted octanol–water partition coefficient (Wildman–Crippen LogP) is 2.37. The lowest BCUT2D eigenvalue weighted by molar-refractivity contribution is -0.385. The van der Waals surface area contributed by atoms with Crippen molar-refractivity contribution in [3.63, 3.8) is 0 Å². The first kappa shape index (κ1) is 13.9. The molecule has 1 N–H and O–H groups in total. The molecule has 0 aromatic heterocycles. The molecule has 1 aromatic rings. The molecule has 7 heteroatoms. The Morgan fingerprint density at radius 2 is 2.28 bits per heavy atom. The van der Waals surface area contributed by atoms with E-state index in [4.69, 9.17) is 9.84 Å². The number of carbonyl (C=O) groups is 1. The van der Waals surface area contributed by atoms with Crippen LogP contribution in [0.4, 0.5) is 10.1 Å². The Hall–Kier alpha value is -2.18. The number of rotatable bonds is 6. The van der Waals surface area contributed by atoms with Gasteiger partial charge in [0.2, 0.25) is 0 Å². The van der Waals surface area contributed by atoms with Crippen molar-refractivity contribution < 1.29 is 24.0 Å². The number of nitro benzene ring substituents is 1. The molecule has 1 unspecified atom stereocenters. The van der Waals surface area contributed by atoms with Crippen LogP contribution < -0.4 is 4.74 Å². The Morgan fingerprint density at radius 1 is 1.61 bits per heavy atom. The van der Waals surface area contributed by atoms with Gasteiger partial charge in [-0.05, 0) is 12.5 Å². The van der Waals surface area contributed by atoms with Gasteiger partial charge >= 0.3 is 5.97 Å². The Kier molecular flexibility index (Phi) is 4.59. The fourth-order valence-electron chi connectivity index (χ4n) is 1.35. The summed E-state index contributed by atoms with van der Waals surface area (Å²) in [6, 6.07) is 2.81. The number of carboxylic acids is 1. The zero-order chi connectivity index (χ0) is 13.7. The molecule has 1 aromatic carbocycles. The highest BCUT2D eigenvalue weighted by molar-refractivity contribution is 5.72. The van der Waals surface area contributed by atoms with E-state index in [1.165, 1.54) is 0 Å². The zero-order valence-electron chi connectivity index (χ0n) is 9.63. The van der Waals surface area contributed by atoms with Gasteiger partial charge in [0.1, 0.15) is 0 Å². The molecule has 0 aliphatic rings. The standard InChI is InChI=1S/C11H12FNO5/c1-2-3-10(11(14)15)18-9-5-4-7(13(16)17)6-8(9)12/h4-6,10H,2-3H2,1H3,(H,14,15). The summed E-state index contributed by atoms with van der Waals surface area (Å²) in [7, 11) is 0. The van der Waals surface area contributed by atoms with Crippen LogP contribution in [-0.4, -0.2) is 22.1 Å². The van der Waals surface area contributed by atoms with Gasteiger partial charge < -0.3 is 9.84 Å². The minimum Gasteiger partial charge on any atom is -0.479 e. The molecule has 0 heterocycles. The summed E-state index contributed by atoms with van der Waals surface area (Å²) in [4.78, 5) is 20.5. The summed E-state index contributed by atoms with van der Waals surface area (Å²) in [5.41, 5.74) is -0.415. The molecule has 0 aliphatic heterocycles. The van der Waals surface area contributed by atoms with Crippen molar-refractivity contribution in [2.45, 2.75) is 25.9 Å². The van der Waals surface area contributed by atoms with Crippen LogP contribution in [0, 0.1) is 15.9 Å². The van der Waals surface area contributed by atoms with Crippen molar-refractivity contribution in [2.75, 3.05) is 0 Å². The summed E-state index contributed by atoms with van der Waals surface area (Å²) >= 11 is 0. The van der Waals surface area contributed by atoms with Crippen LogP contribution in [0.1, 0.15) is 19.8 Å². The maximum Gasteiger partial charge on any atom is 0.344 e. The minimum absolute atomic E-state index is 0.228. The van der Waals surface area contributed by atoms with E-state index < -0.39 is 28.5 Å². The summed E-state index contributed by atoms with van der Waals surface area (Å²) in [5, 5.41) is 19.2. The van der Waals surface area contributed by atoms with Crippen molar-refractivity contribution in [2.24, 2.45) is 0 Å². The van der Waals surface area contributed by atoms with Crippen molar-refractivity contribution >= 4 is 11.7 Å². The van der Waals surface area contributed by atoms with Crippen LogP contribution in [0.3, 0.4) is 0 Å². The van der Waals surface area contributed by atoms with Crippen molar-refractivity contribution in [3.05, 3.63) is 34.1 Å². The SMILES string of the molecule is CCCC(Oc1ccc([N+](=O)[O-])cc1F)C(=O)O. The Labute approximate surface area is 102 Å². The molecule has 0 fully saturated rings. The number of aliphatic carboxylic acids is 1. The number of halogens is 1. The summed E-state index contributed by atoms with van der Waals surface area (Å²) < 4.78 is 18.4. The van der Waals surface area contributed by atoms with Gasteiger partial charge in [-0.1, -0.05) is 13.3 Å². The van der Waals surface area contributed by atoms with Gasteiger partial charge in [0.05, 0.1) is 11.0 Å². The fourth-order valence-corrected chi connectivity index (χ4v) is 1.35. The van der Waals surface area contributed by atoms with Gasteiger partial charge in [-0.3, -0.25) is 10.1 Å². The van der Waals surface area contributed by atoms with Crippen LogP contribution in [0.25, 0.3) is 0 Å². The van der Waals surface area contributed by atoms with Gasteiger partial charge in [-0.15, -0.1) is 0 Å². The molecular formula is C11H12FNO5. The molecule has 1 rings (SSSR count). The van der Waals surface area contributed by atoms with E-state index in [9.17, 15) is 19.3 Å². The van der Waals surface area contributed by atoms with Crippen molar-refractivity contribution in [1.29, 1.82) is 0 Å². The van der Waals surface area contributed by atoms with Crippen molar-refractivity contribution in [1.82, 2.24) is 0 Å². The summed E-state index contributed by atoms with van der Waals surface area (Å²) in [6.07, 6.45) is -0.372. The van der Waals surface area contributed by atoms with E-state index in [-0.39, 0.29) is 12.2 Å². The molecule has 0 saturated carbocycles. The topological polar surface area (TPSA) is 89.7 Å². The highest BCUT2D eigenvalue weighted by Crippen LogP contribution is 2.24. The lowest BCUT2D eigenvalue weighted by atomic mass is 10.2. The van der Waals surface area contributed by atoms with Gasteiger partial charge in [0.25, 0.3) is 5.69 Å².